The van der Waals surface area contributed by atoms with Crippen LogP contribution in [0.2, 0.25) is 0 Å². The van der Waals surface area contributed by atoms with Crippen molar-refractivity contribution in [3.05, 3.63) is 46.5 Å². The number of hydrogen-bond acceptors (Lipinski definition) is 4. The quantitative estimate of drug-likeness (QED) is 0.357. The number of rotatable bonds is 2. The molecule has 1 aromatic carbocycles. The molecule has 0 radical (unpaired) electrons. The Morgan fingerprint density at radius 3 is 1.95 bits per heavy atom. The van der Waals surface area contributed by atoms with Gasteiger partial charge in [-0.2, -0.15) is 0 Å². The monoisotopic (exact) mass is 272 g/mol. The van der Waals surface area contributed by atoms with Crippen LogP contribution in [0.3, 0.4) is 0 Å². The summed E-state index contributed by atoms with van der Waals surface area (Å²) in [5.41, 5.74) is 0.340. The normalized spacial score (nSPS) is 24.9. The molecule has 1 fully saturated rings. The number of carbonyl (C=O) groups is 2. The van der Waals surface area contributed by atoms with Gasteiger partial charge in [-0.3, -0.25) is 24.6 Å². The van der Waals surface area contributed by atoms with Crippen LogP contribution in [0.5, 0.6) is 0 Å². The standard InChI is InChI=1S/C14H12N2O4/c17-13-11-3-1-2-4-12(11)14(18)15(13)9-5-7-10(8-6-9)16(19)20/h1-2,5-8,11-12H,3-4H2. The molecule has 1 aromatic rings. The summed E-state index contributed by atoms with van der Waals surface area (Å²) in [5, 5.41) is 10.6. The third kappa shape index (κ3) is 1.80. The summed E-state index contributed by atoms with van der Waals surface area (Å²) in [4.78, 5) is 35.9. The molecular weight excluding hydrogens is 260 g/mol. The lowest BCUT2D eigenvalue weighted by Gasteiger charge is -2.14. The SMILES string of the molecule is O=C1C2CC=CCC2C(=O)N1c1ccc([N+](=O)[O-])cc1. The first-order valence-electron chi connectivity index (χ1n) is 6.37. The zero-order valence-electron chi connectivity index (χ0n) is 10.6. The van der Waals surface area contributed by atoms with Crippen molar-refractivity contribution in [2.75, 3.05) is 4.90 Å². The van der Waals surface area contributed by atoms with Crippen LogP contribution < -0.4 is 4.90 Å². The molecule has 1 aliphatic carbocycles. The zero-order valence-corrected chi connectivity index (χ0v) is 10.6. The minimum atomic E-state index is -0.513. The number of amides is 2. The highest BCUT2D eigenvalue weighted by atomic mass is 16.6. The van der Waals surface area contributed by atoms with E-state index in [1.165, 1.54) is 24.3 Å². The number of imide groups is 1. The van der Waals surface area contributed by atoms with Gasteiger partial charge in [0.1, 0.15) is 0 Å². The van der Waals surface area contributed by atoms with Crippen LogP contribution in [0.25, 0.3) is 0 Å². The fraction of sp³-hybridized carbons (Fsp3) is 0.286. The van der Waals surface area contributed by atoms with E-state index in [9.17, 15) is 19.7 Å². The zero-order chi connectivity index (χ0) is 14.3. The van der Waals surface area contributed by atoms with Crippen molar-refractivity contribution in [2.24, 2.45) is 11.8 Å². The molecule has 1 saturated heterocycles. The van der Waals surface area contributed by atoms with Gasteiger partial charge in [0.05, 0.1) is 22.4 Å². The van der Waals surface area contributed by atoms with Crippen LogP contribution in [-0.2, 0) is 9.59 Å². The van der Waals surface area contributed by atoms with Gasteiger partial charge in [-0.1, -0.05) is 12.2 Å². The lowest BCUT2D eigenvalue weighted by atomic mass is 9.85. The highest BCUT2D eigenvalue weighted by molar-refractivity contribution is 6.22. The molecular formula is C14H12N2O4. The number of nitro benzene ring substituents is 1. The second kappa shape index (κ2) is 4.56. The Balaban J connectivity index is 1.92. The van der Waals surface area contributed by atoms with Gasteiger partial charge in [0.25, 0.3) is 5.69 Å². The van der Waals surface area contributed by atoms with E-state index in [0.29, 0.717) is 18.5 Å². The Hall–Kier alpha value is -2.50. The average molecular weight is 272 g/mol. The van der Waals surface area contributed by atoms with Gasteiger partial charge < -0.3 is 0 Å². The predicted molar refractivity (Wildman–Crippen MR) is 70.9 cm³/mol. The highest BCUT2D eigenvalue weighted by Gasteiger charge is 2.47. The topological polar surface area (TPSA) is 80.5 Å². The van der Waals surface area contributed by atoms with Crippen LogP contribution in [0.15, 0.2) is 36.4 Å². The summed E-state index contributed by atoms with van der Waals surface area (Å²) in [5.74, 6) is -0.998. The average Bonchev–Trinajstić information content (AvgIpc) is 2.72. The van der Waals surface area contributed by atoms with Crippen molar-refractivity contribution in [1.29, 1.82) is 0 Å². The van der Waals surface area contributed by atoms with E-state index in [4.69, 9.17) is 0 Å². The third-order valence-electron chi connectivity index (χ3n) is 3.83. The summed E-state index contributed by atoms with van der Waals surface area (Å²) in [6, 6.07) is 5.49. The van der Waals surface area contributed by atoms with Crippen molar-refractivity contribution in [3.8, 4) is 0 Å². The van der Waals surface area contributed by atoms with Crippen LogP contribution in [0.1, 0.15) is 12.8 Å². The van der Waals surface area contributed by atoms with E-state index in [-0.39, 0.29) is 29.3 Å². The molecule has 3 rings (SSSR count). The first-order chi connectivity index (χ1) is 9.59. The molecule has 6 heteroatoms. The molecule has 0 aromatic heterocycles. The number of nitro groups is 1. The number of allylic oxidation sites excluding steroid dienone is 2. The lowest BCUT2D eigenvalue weighted by Crippen LogP contribution is -2.30. The van der Waals surface area contributed by atoms with Crippen LogP contribution in [0, 0.1) is 22.0 Å². The van der Waals surface area contributed by atoms with Crippen LogP contribution in [0.4, 0.5) is 11.4 Å². The molecule has 2 atom stereocenters. The Bertz CT molecular complexity index is 595. The Morgan fingerprint density at radius 2 is 1.50 bits per heavy atom. The fourth-order valence-electron chi connectivity index (χ4n) is 2.78. The van der Waals surface area contributed by atoms with Gasteiger partial charge in [-0.05, 0) is 25.0 Å². The van der Waals surface area contributed by atoms with E-state index in [1.54, 1.807) is 0 Å². The molecule has 0 bridgehead atoms. The number of fused-ring (bicyclic) bond motifs is 1. The maximum Gasteiger partial charge on any atom is 0.269 e. The van der Waals surface area contributed by atoms with Crippen LogP contribution >= 0.6 is 0 Å². The van der Waals surface area contributed by atoms with Gasteiger partial charge in [-0.25, -0.2) is 0 Å². The number of benzene rings is 1. The van der Waals surface area contributed by atoms with Crippen molar-refractivity contribution >= 4 is 23.2 Å². The van der Waals surface area contributed by atoms with Gasteiger partial charge in [0, 0.05) is 12.1 Å². The summed E-state index contributed by atoms with van der Waals surface area (Å²) in [6.07, 6.45) is 5.01. The van der Waals surface area contributed by atoms with Crippen molar-refractivity contribution < 1.29 is 14.5 Å². The Morgan fingerprint density at radius 1 is 1.00 bits per heavy atom. The van der Waals surface area contributed by atoms with Crippen molar-refractivity contribution in [2.45, 2.75) is 12.8 Å². The number of anilines is 1. The summed E-state index contributed by atoms with van der Waals surface area (Å²) < 4.78 is 0. The van der Waals surface area contributed by atoms with E-state index in [1.807, 2.05) is 12.2 Å². The van der Waals surface area contributed by atoms with E-state index >= 15 is 0 Å². The molecule has 2 aliphatic rings. The highest BCUT2D eigenvalue weighted by Crippen LogP contribution is 2.37. The maximum atomic E-state index is 12.3. The largest absolute Gasteiger partial charge is 0.274 e. The minimum Gasteiger partial charge on any atom is -0.274 e. The lowest BCUT2D eigenvalue weighted by molar-refractivity contribution is -0.384. The Kier molecular flexibility index (Phi) is 2.85. The number of non-ortho nitro benzene ring substituents is 1. The Labute approximate surface area is 114 Å². The molecule has 2 amide bonds. The summed E-state index contributed by atoms with van der Waals surface area (Å²) >= 11 is 0. The number of hydrogen-bond donors (Lipinski definition) is 0. The third-order valence-corrected chi connectivity index (χ3v) is 3.83. The molecule has 20 heavy (non-hydrogen) atoms. The second-order valence-electron chi connectivity index (χ2n) is 4.94. The fourth-order valence-corrected chi connectivity index (χ4v) is 2.78. The van der Waals surface area contributed by atoms with Crippen molar-refractivity contribution in [1.82, 2.24) is 0 Å². The predicted octanol–water partition coefficient (Wildman–Crippen LogP) is 2.05. The van der Waals surface area contributed by atoms with Crippen molar-refractivity contribution in [3.63, 3.8) is 0 Å². The molecule has 1 aliphatic heterocycles. The van der Waals surface area contributed by atoms with Gasteiger partial charge in [0.2, 0.25) is 11.8 Å². The summed E-state index contributed by atoms with van der Waals surface area (Å²) in [6.45, 7) is 0. The van der Waals surface area contributed by atoms with Gasteiger partial charge in [-0.15, -0.1) is 0 Å². The number of carbonyl (C=O) groups excluding carboxylic acids is 2. The van der Waals surface area contributed by atoms with E-state index in [0.717, 1.165) is 4.90 Å². The molecule has 0 spiro atoms. The number of nitrogens with zero attached hydrogens (tertiary/aromatic N) is 2. The molecule has 6 nitrogen and oxygen atoms in total. The molecule has 1 heterocycles. The smallest absolute Gasteiger partial charge is 0.269 e. The first-order valence-corrected chi connectivity index (χ1v) is 6.37. The molecule has 2 unspecified atom stereocenters. The second-order valence-corrected chi connectivity index (χ2v) is 4.94. The first kappa shape index (κ1) is 12.5. The summed E-state index contributed by atoms with van der Waals surface area (Å²) in [7, 11) is 0. The van der Waals surface area contributed by atoms with E-state index in [2.05, 4.69) is 0 Å². The molecule has 0 N–H and O–H groups in total. The van der Waals surface area contributed by atoms with Gasteiger partial charge in [0.15, 0.2) is 0 Å². The minimum absolute atomic E-state index is 0.0630. The van der Waals surface area contributed by atoms with Crippen LogP contribution in [-0.4, -0.2) is 16.7 Å². The van der Waals surface area contributed by atoms with E-state index < -0.39 is 4.92 Å². The maximum absolute atomic E-state index is 12.3. The molecule has 102 valence electrons. The molecule has 0 saturated carbocycles. The van der Waals surface area contributed by atoms with Gasteiger partial charge >= 0.3 is 0 Å².